The molecule has 3 rings (SSSR count). The Hall–Kier alpha value is -2.90. The summed E-state index contributed by atoms with van der Waals surface area (Å²) in [5.41, 5.74) is 1.37. The van der Waals surface area contributed by atoms with Crippen LogP contribution in [0.25, 0.3) is 0 Å². The van der Waals surface area contributed by atoms with Gasteiger partial charge in [-0.1, -0.05) is 23.7 Å². The number of benzene rings is 2. The fourth-order valence-corrected chi connectivity index (χ4v) is 2.96. The van der Waals surface area contributed by atoms with Crippen LogP contribution in [0, 0.1) is 0 Å². The van der Waals surface area contributed by atoms with E-state index in [-0.39, 0.29) is 30.8 Å². The number of carbonyl (C=O) groups is 3. The highest BCUT2D eigenvalue weighted by molar-refractivity contribution is 6.30. The average Bonchev–Trinajstić information content (AvgIpc) is 3.47. The number of para-hydroxylation sites is 1. The van der Waals surface area contributed by atoms with Gasteiger partial charge in [0.2, 0.25) is 0 Å². The fourth-order valence-electron chi connectivity index (χ4n) is 2.83. The maximum Gasteiger partial charge on any atom is 0.279 e. The van der Waals surface area contributed by atoms with Gasteiger partial charge in [0.25, 0.3) is 17.7 Å². The normalized spacial score (nSPS) is 14.0. The van der Waals surface area contributed by atoms with Crippen LogP contribution in [0.4, 0.5) is 11.4 Å². The van der Waals surface area contributed by atoms with E-state index >= 15 is 0 Å². The van der Waals surface area contributed by atoms with Crippen LogP contribution in [0.3, 0.4) is 0 Å². The van der Waals surface area contributed by atoms with Crippen LogP contribution in [-0.4, -0.2) is 43.9 Å². The van der Waals surface area contributed by atoms with E-state index in [2.05, 4.69) is 16.0 Å². The van der Waals surface area contributed by atoms with E-state index in [9.17, 15) is 14.4 Å². The fraction of sp³-hybridized carbons (Fsp3) is 0.286. The second-order valence-corrected chi connectivity index (χ2v) is 7.64. The molecule has 2 aromatic carbocycles. The molecule has 7 nitrogen and oxygen atoms in total. The molecule has 8 heteroatoms. The van der Waals surface area contributed by atoms with Crippen LogP contribution in [0.1, 0.15) is 23.2 Å². The van der Waals surface area contributed by atoms with E-state index in [1.54, 1.807) is 55.6 Å². The lowest BCUT2D eigenvalue weighted by molar-refractivity contribution is -0.862. The first-order valence-corrected chi connectivity index (χ1v) is 9.85. The topological polar surface area (TPSA) is 91.7 Å². The highest BCUT2D eigenvalue weighted by atomic mass is 35.5. The average molecular weight is 416 g/mol. The summed E-state index contributed by atoms with van der Waals surface area (Å²) in [5.74, 6) is -0.665. The van der Waals surface area contributed by atoms with Crippen LogP contribution in [0.2, 0.25) is 5.02 Å². The number of amides is 3. The van der Waals surface area contributed by atoms with Crippen LogP contribution >= 0.6 is 11.6 Å². The summed E-state index contributed by atoms with van der Waals surface area (Å²) >= 11 is 5.86. The van der Waals surface area contributed by atoms with Gasteiger partial charge in [0.1, 0.15) is 0 Å². The monoisotopic (exact) mass is 415 g/mol. The third-order valence-corrected chi connectivity index (χ3v) is 4.67. The maximum absolute atomic E-state index is 12.6. The molecule has 0 bridgehead atoms. The molecule has 0 aliphatic heterocycles. The zero-order chi connectivity index (χ0) is 20.8. The minimum absolute atomic E-state index is 0.0551. The lowest BCUT2D eigenvalue weighted by Crippen LogP contribution is -3.11. The number of likely N-dealkylation sites (N-methyl/N-ethyl adjacent to an activating group) is 1. The van der Waals surface area contributed by atoms with Crippen molar-refractivity contribution in [3.8, 4) is 0 Å². The number of carbonyl (C=O) groups excluding carboxylic acids is 3. The maximum atomic E-state index is 12.6. The second kappa shape index (κ2) is 9.54. The van der Waals surface area contributed by atoms with Crippen LogP contribution < -0.4 is 20.9 Å². The lowest BCUT2D eigenvalue weighted by Gasteiger charge is -2.15. The highest BCUT2D eigenvalue weighted by Crippen LogP contribution is 2.19. The van der Waals surface area contributed by atoms with E-state index in [0.717, 1.165) is 17.7 Å². The zero-order valence-corrected chi connectivity index (χ0v) is 16.9. The van der Waals surface area contributed by atoms with Gasteiger partial charge in [0.05, 0.1) is 18.3 Å². The predicted octanol–water partition coefficient (Wildman–Crippen LogP) is 1.32. The number of quaternary nitrogens is 1. The third kappa shape index (κ3) is 6.58. The molecule has 2 aromatic rings. The number of rotatable bonds is 8. The Morgan fingerprint density at radius 1 is 0.966 bits per heavy atom. The molecule has 0 aromatic heterocycles. The largest absolute Gasteiger partial charge is 0.348 e. The van der Waals surface area contributed by atoms with E-state index < -0.39 is 0 Å². The minimum Gasteiger partial charge on any atom is -0.348 e. The molecule has 0 spiro atoms. The van der Waals surface area contributed by atoms with Crippen LogP contribution in [0.15, 0.2) is 48.5 Å². The third-order valence-electron chi connectivity index (χ3n) is 4.41. The van der Waals surface area contributed by atoms with Crippen molar-refractivity contribution in [2.75, 3.05) is 30.8 Å². The van der Waals surface area contributed by atoms with Crippen LogP contribution in [-0.2, 0) is 9.59 Å². The summed E-state index contributed by atoms with van der Waals surface area (Å²) in [6.45, 7) is 0.341. The second-order valence-electron chi connectivity index (χ2n) is 7.21. The Bertz CT molecular complexity index is 897. The summed E-state index contributed by atoms with van der Waals surface area (Å²) in [7, 11) is 1.78. The van der Waals surface area contributed by atoms with E-state index in [1.165, 1.54) is 0 Å². The molecule has 4 N–H and O–H groups in total. The minimum atomic E-state index is -0.340. The number of anilines is 2. The molecule has 1 aliphatic carbocycles. The van der Waals surface area contributed by atoms with E-state index in [4.69, 9.17) is 11.6 Å². The lowest BCUT2D eigenvalue weighted by atomic mass is 10.1. The highest BCUT2D eigenvalue weighted by Gasteiger charge is 2.25. The van der Waals surface area contributed by atoms with Crippen molar-refractivity contribution in [1.29, 1.82) is 0 Å². The predicted molar refractivity (Wildman–Crippen MR) is 112 cm³/mol. The Labute approximate surface area is 174 Å². The van der Waals surface area contributed by atoms with Crippen LogP contribution in [0.5, 0.6) is 0 Å². The molecule has 0 heterocycles. The first kappa shape index (κ1) is 20.8. The molecule has 0 radical (unpaired) electrons. The molecule has 1 aliphatic rings. The van der Waals surface area contributed by atoms with Gasteiger partial charge in [0, 0.05) is 16.8 Å². The molecule has 29 heavy (non-hydrogen) atoms. The molecular formula is C21H24ClN4O3+. The molecule has 1 atom stereocenters. The van der Waals surface area contributed by atoms with Crippen molar-refractivity contribution in [2.24, 2.45) is 0 Å². The van der Waals surface area contributed by atoms with Gasteiger partial charge in [-0.2, -0.15) is 0 Å². The molecule has 1 fully saturated rings. The summed E-state index contributed by atoms with van der Waals surface area (Å²) in [6.07, 6.45) is 2.06. The van der Waals surface area contributed by atoms with Gasteiger partial charge in [-0.15, -0.1) is 0 Å². The Morgan fingerprint density at radius 2 is 1.62 bits per heavy atom. The first-order valence-electron chi connectivity index (χ1n) is 9.47. The van der Waals surface area contributed by atoms with E-state index in [0.29, 0.717) is 28.0 Å². The standard InChI is InChI=1S/C21H23ClN4O3/c1-26(12-19(27)23-15-10-11-15)13-20(28)25-18-5-3-2-4-17(18)21(29)24-16-8-6-14(22)7-9-16/h2-9,15H,10-13H2,1H3,(H,23,27)(H,24,29)(H,25,28)/p+1. The van der Waals surface area contributed by atoms with Gasteiger partial charge >= 0.3 is 0 Å². The van der Waals surface area contributed by atoms with Crippen molar-refractivity contribution in [2.45, 2.75) is 18.9 Å². The number of hydrogen-bond acceptors (Lipinski definition) is 3. The zero-order valence-electron chi connectivity index (χ0n) is 16.1. The molecule has 3 amide bonds. The Kier molecular flexibility index (Phi) is 6.85. The Balaban J connectivity index is 1.57. The molecular weight excluding hydrogens is 392 g/mol. The molecule has 0 saturated heterocycles. The van der Waals surface area contributed by atoms with Gasteiger partial charge in [-0.05, 0) is 49.2 Å². The SMILES string of the molecule is C[NH+](CC(=O)Nc1ccccc1C(=O)Nc1ccc(Cl)cc1)CC(=O)NC1CC1. The first-order chi connectivity index (χ1) is 13.9. The number of hydrogen-bond donors (Lipinski definition) is 4. The quantitative estimate of drug-likeness (QED) is 0.524. The van der Waals surface area contributed by atoms with Crippen molar-refractivity contribution in [3.63, 3.8) is 0 Å². The summed E-state index contributed by atoms with van der Waals surface area (Å²) in [4.78, 5) is 37.6. The van der Waals surface area contributed by atoms with Crippen molar-refractivity contribution < 1.29 is 19.3 Å². The van der Waals surface area contributed by atoms with Gasteiger partial charge in [-0.25, -0.2) is 0 Å². The molecule has 1 saturated carbocycles. The van der Waals surface area contributed by atoms with Crippen molar-refractivity contribution in [1.82, 2.24) is 5.32 Å². The van der Waals surface area contributed by atoms with Crippen molar-refractivity contribution >= 4 is 40.7 Å². The summed E-state index contributed by atoms with van der Waals surface area (Å²) < 4.78 is 0. The molecule has 1 unspecified atom stereocenters. The van der Waals surface area contributed by atoms with Gasteiger partial charge in [-0.3, -0.25) is 14.4 Å². The Morgan fingerprint density at radius 3 is 2.31 bits per heavy atom. The van der Waals surface area contributed by atoms with Gasteiger partial charge < -0.3 is 20.9 Å². The summed E-state index contributed by atoms with van der Waals surface area (Å²) in [6, 6.07) is 13.9. The molecule has 152 valence electrons. The van der Waals surface area contributed by atoms with E-state index in [1.807, 2.05) is 0 Å². The number of nitrogens with one attached hydrogen (secondary N) is 4. The summed E-state index contributed by atoms with van der Waals surface area (Å²) in [5, 5.41) is 9.04. The van der Waals surface area contributed by atoms with Crippen molar-refractivity contribution in [3.05, 3.63) is 59.1 Å². The van der Waals surface area contributed by atoms with Gasteiger partial charge in [0.15, 0.2) is 13.1 Å². The smallest absolute Gasteiger partial charge is 0.279 e. The number of halogens is 1.